The number of hydrazone groups is 1. The van der Waals surface area contributed by atoms with E-state index in [4.69, 9.17) is 0 Å². The van der Waals surface area contributed by atoms with Gasteiger partial charge in [-0.1, -0.05) is 30.3 Å². The molecule has 0 aliphatic carbocycles. The first kappa shape index (κ1) is 11.0. The number of aromatic amines is 1. The van der Waals surface area contributed by atoms with Gasteiger partial charge in [0, 0.05) is 23.9 Å². The summed E-state index contributed by atoms with van der Waals surface area (Å²) in [4.78, 5) is 0. The Morgan fingerprint density at radius 3 is 2.67 bits per heavy atom. The minimum atomic E-state index is 0.258. The second-order valence-corrected chi connectivity index (χ2v) is 4.72. The number of rotatable bonds is 2. The minimum Gasteiger partial charge on any atom is -0.281 e. The molecule has 0 saturated heterocycles. The highest BCUT2D eigenvalue weighted by Crippen LogP contribution is 2.33. The Labute approximate surface area is 106 Å². The van der Waals surface area contributed by atoms with Crippen molar-refractivity contribution in [2.45, 2.75) is 26.3 Å². The third kappa shape index (κ3) is 1.90. The number of anilines is 1. The van der Waals surface area contributed by atoms with Gasteiger partial charge in [-0.2, -0.15) is 10.2 Å². The Morgan fingerprint density at radius 2 is 2.00 bits per heavy atom. The fourth-order valence-electron chi connectivity index (χ4n) is 2.33. The Balaban J connectivity index is 1.96. The topological polar surface area (TPSA) is 44.3 Å². The number of nitrogens with zero attached hydrogens (tertiary/aromatic N) is 3. The number of hydrogen-bond acceptors (Lipinski definition) is 3. The molecule has 0 bridgehead atoms. The highest BCUT2D eigenvalue weighted by atomic mass is 15.5. The SMILES string of the molecule is CC1=NN(c2cc(C)[nH]n2)C(c2ccccc2)C1. The molecule has 1 aliphatic rings. The average molecular weight is 240 g/mol. The van der Waals surface area contributed by atoms with Gasteiger partial charge >= 0.3 is 0 Å². The number of aromatic nitrogens is 2. The summed E-state index contributed by atoms with van der Waals surface area (Å²) in [5.74, 6) is 0.887. The number of H-pyrrole nitrogens is 1. The van der Waals surface area contributed by atoms with E-state index in [1.807, 2.05) is 24.1 Å². The van der Waals surface area contributed by atoms with E-state index < -0.39 is 0 Å². The molecular weight excluding hydrogens is 224 g/mol. The maximum atomic E-state index is 4.60. The van der Waals surface area contributed by atoms with Crippen LogP contribution >= 0.6 is 0 Å². The molecule has 1 atom stereocenters. The van der Waals surface area contributed by atoms with Crippen LogP contribution in [0.25, 0.3) is 0 Å². The lowest BCUT2D eigenvalue weighted by Gasteiger charge is -2.21. The van der Waals surface area contributed by atoms with E-state index in [1.165, 1.54) is 5.56 Å². The molecule has 1 aliphatic heterocycles. The van der Waals surface area contributed by atoms with Crippen LogP contribution in [0, 0.1) is 6.92 Å². The van der Waals surface area contributed by atoms with E-state index in [2.05, 4.69) is 46.5 Å². The lowest BCUT2D eigenvalue weighted by Crippen LogP contribution is -2.18. The molecule has 1 aromatic heterocycles. The Bertz CT molecular complexity index is 570. The summed E-state index contributed by atoms with van der Waals surface area (Å²) in [5, 5.41) is 13.9. The van der Waals surface area contributed by atoms with Gasteiger partial charge in [0.2, 0.25) is 0 Å². The predicted molar refractivity (Wildman–Crippen MR) is 72.7 cm³/mol. The van der Waals surface area contributed by atoms with Gasteiger partial charge in [-0.15, -0.1) is 0 Å². The van der Waals surface area contributed by atoms with Crippen LogP contribution in [0.5, 0.6) is 0 Å². The van der Waals surface area contributed by atoms with Gasteiger partial charge in [0.1, 0.15) is 0 Å². The molecule has 92 valence electrons. The van der Waals surface area contributed by atoms with Crippen molar-refractivity contribution >= 4 is 11.5 Å². The van der Waals surface area contributed by atoms with Gasteiger partial charge in [-0.3, -0.25) is 5.10 Å². The zero-order valence-corrected chi connectivity index (χ0v) is 10.6. The monoisotopic (exact) mass is 240 g/mol. The Morgan fingerprint density at radius 1 is 1.22 bits per heavy atom. The smallest absolute Gasteiger partial charge is 0.171 e. The van der Waals surface area contributed by atoms with E-state index in [0.717, 1.165) is 23.6 Å². The molecular formula is C14H16N4. The summed E-state index contributed by atoms with van der Waals surface area (Å²) in [6, 6.07) is 12.7. The van der Waals surface area contributed by atoms with E-state index in [9.17, 15) is 0 Å². The number of hydrogen-bond donors (Lipinski definition) is 1. The minimum absolute atomic E-state index is 0.258. The quantitative estimate of drug-likeness (QED) is 0.876. The molecule has 0 fully saturated rings. The first-order valence-electron chi connectivity index (χ1n) is 6.14. The van der Waals surface area contributed by atoms with Crippen molar-refractivity contribution in [1.29, 1.82) is 0 Å². The molecule has 0 amide bonds. The predicted octanol–water partition coefficient (Wildman–Crippen LogP) is 3.05. The van der Waals surface area contributed by atoms with Crippen molar-refractivity contribution in [1.82, 2.24) is 10.2 Å². The first-order chi connectivity index (χ1) is 8.74. The molecule has 1 aromatic carbocycles. The zero-order valence-electron chi connectivity index (χ0n) is 10.6. The first-order valence-corrected chi connectivity index (χ1v) is 6.14. The van der Waals surface area contributed by atoms with Gasteiger partial charge < -0.3 is 0 Å². The number of benzene rings is 1. The van der Waals surface area contributed by atoms with Crippen molar-refractivity contribution in [3.8, 4) is 0 Å². The maximum absolute atomic E-state index is 4.60. The van der Waals surface area contributed by atoms with E-state index >= 15 is 0 Å². The molecule has 4 heteroatoms. The van der Waals surface area contributed by atoms with Crippen LogP contribution in [-0.4, -0.2) is 15.9 Å². The van der Waals surface area contributed by atoms with Crippen molar-refractivity contribution in [2.75, 3.05) is 5.01 Å². The van der Waals surface area contributed by atoms with Crippen molar-refractivity contribution in [3.63, 3.8) is 0 Å². The van der Waals surface area contributed by atoms with Crippen LogP contribution in [0.15, 0.2) is 41.5 Å². The van der Waals surface area contributed by atoms with Crippen LogP contribution < -0.4 is 5.01 Å². The molecule has 4 nitrogen and oxygen atoms in total. The number of aryl methyl sites for hydroxylation is 1. The Kier molecular flexibility index (Phi) is 2.63. The van der Waals surface area contributed by atoms with Crippen molar-refractivity contribution < 1.29 is 0 Å². The third-order valence-electron chi connectivity index (χ3n) is 3.17. The van der Waals surface area contributed by atoms with Gasteiger partial charge in [-0.05, 0) is 19.4 Å². The highest BCUT2D eigenvalue weighted by Gasteiger charge is 2.28. The van der Waals surface area contributed by atoms with Crippen molar-refractivity contribution in [2.24, 2.45) is 5.10 Å². The van der Waals surface area contributed by atoms with E-state index in [0.29, 0.717) is 0 Å². The van der Waals surface area contributed by atoms with Crippen LogP contribution in [0.2, 0.25) is 0 Å². The van der Waals surface area contributed by atoms with Crippen LogP contribution in [0.3, 0.4) is 0 Å². The van der Waals surface area contributed by atoms with E-state index in [-0.39, 0.29) is 6.04 Å². The summed E-state index contributed by atoms with van der Waals surface area (Å²) in [5.41, 5.74) is 3.47. The molecule has 1 unspecified atom stereocenters. The Hall–Kier alpha value is -2.10. The number of nitrogens with one attached hydrogen (secondary N) is 1. The summed E-state index contributed by atoms with van der Waals surface area (Å²) in [6.45, 7) is 4.07. The highest BCUT2D eigenvalue weighted by molar-refractivity contribution is 5.86. The molecule has 2 heterocycles. The maximum Gasteiger partial charge on any atom is 0.171 e. The average Bonchev–Trinajstić information content (AvgIpc) is 2.96. The molecule has 0 radical (unpaired) electrons. The molecule has 1 N–H and O–H groups in total. The summed E-state index contributed by atoms with van der Waals surface area (Å²) in [7, 11) is 0. The lowest BCUT2D eigenvalue weighted by molar-refractivity contribution is 0.697. The summed E-state index contributed by atoms with van der Waals surface area (Å²) in [6.07, 6.45) is 0.954. The second kappa shape index (κ2) is 4.29. The third-order valence-corrected chi connectivity index (χ3v) is 3.17. The van der Waals surface area contributed by atoms with Crippen LogP contribution in [-0.2, 0) is 0 Å². The molecule has 3 rings (SSSR count). The zero-order chi connectivity index (χ0) is 12.5. The van der Waals surface area contributed by atoms with Crippen LogP contribution in [0.4, 0.5) is 5.82 Å². The van der Waals surface area contributed by atoms with Crippen molar-refractivity contribution in [3.05, 3.63) is 47.7 Å². The normalized spacial score (nSPS) is 19.1. The van der Waals surface area contributed by atoms with Gasteiger partial charge in [0.05, 0.1) is 6.04 Å². The van der Waals surface area contributed by atoms with E-state index in [1.54, 1.807) is 0 Å². The summed E-state index contributed by atoms with van der Waals surface area (Å²) < 4.78 is 0. The molecule has 2 aromatic rings. The van der Waals surface area contributed by atoms with Crippen LogP contribution in [0.1, 0.15) is 30.6 Å². The second-order valence-electron chi connectivity index (χ2n) is 4.72. The molecule has 0 spiro atoms. The molecule has 18 heavy (non-hydrogen) atoms. The fraction of sp³-hybridized carbons (Fsp3) is 0.286. The standard InChI is InChI=1S/C14H16N4/c1-10-9-14(16-15-10)18-13(8-11(2)17-18)12-6-4-3-5-7-12/h3-7,9,13H,8H2,1-2H3,(H,15,16). The lowest BCUT2D eigenvalue weighted by atomic mass is 10.0. The fourth-order valence-corrected chi connectivity index (χ4v) is 2.33. The molecule has 0 saturated carbocycles. The largest absolute Gasteiger partial charge is 0.281 e. The van der Waals surface area contributed by atoms with Gasteiger partial charge in [0.25, 0.3) is 0 Å². The van der Waals surface area contributed by atoms with Gasteiger partial charge in [-0.25, -0.2) is 5.01 Å². The van der Waals surface area contributed by atoms with Gasteiger partial charge in [0.15, 0.2) is 5.82 Å². The summed E-state index contributed by atoms with van der Waals surface area (Å²) >= 11 is 0.